The first-order valence-corrected chi connectivity index (χ1v) is 5.97. The number of amides is 1. The van der Waals surface area contributed by atoms with Crippen LogP contribution in [0.5, 0.6) is 0 Å². The largest absolute Gasteiger partial charge is 0.478 e. The fourth-order valence-corrected chi connectivity index (χ4v) is 2.04. The van der Waals surface area contributed by atoms with Crippen LogP contribution in [0.25, 0.3) is 0 Å². The number of aryl methyl sites for hydroxylation is 1. The van der Waals surface area contributed by atoms with E-state index in [9.17, 15) is 9.59 Å². The highest BCUT2D eigenvalue weighted by atomic mass is 32.1. The van der Waals surface area contributed by atoms with E-state index in [1.54, 1.807) is 11.3 Å². The van der Waals surface area contributed by atoms with Gasteiger partial charge in [-0.3, -0.25) is 4.79 Å². The number of carbonyl (C=O) groups is 2. The summed E-state index contributed by atoms with van der Waals surface area (Å²) in [5, 5.41) is 11.5. The third-order valence-electron chi connectivity index (χ3n) is 2.44. The van der Waals surface area contributed by atoms with Gasteiger partial charge in [0.2, 0.25) is 5.91 Å². The van der Waals surface area contributed by atoms with E-state index in [4.69, 9.17) is 5.11 Å². The first-order valence-electron chi connectivity index (χ1n) is 5.16. The molecular formula is C12H15NO3S. The third-order valence-corrected chi connectivity index (χ3v) is 3.44. The van der Waals surface area contributed by atoms with Gasteiger partial charge in [-0.2, -0.15) is 0 Å². The molecule has 0 aliphatic heterocycles. The molecule has 0 saturated heterocycles. The van der Waals surface area contributed by atoms with Gasteiger partial charge in [-0.1, -0.05) is 0 Å². The number of aliphatic carboxylic acids is 1. The molecule has 0 unspecified atom stereocenters. The highest BCUT2D eigenvalue weighted by Gasteiger charge is 2.12. The monoisotopic (exact) mass is 253 g/mol. The summed E-state index contributed by atoms with van der Waals surface area (Å²) in [6, 6.07) is 3.93. The Balaban J connectivity index is 2.62. The molecule has 1 rings (SSSR count). The van der Waals surface area contributed by atoms with Crippen molar-refractivity contribution in [1.82, 2.24) is 5.32 Å². The average molecular weight is 253 g/mol. The van der Waals surface area contributed by atoms with Gasteiger partial charge in [-0.05, 0) is 32.9 Å². The van der Waals surface area contributed by atoms with E-state index in [1.165, 1.54) is 18.7 Å². The molecular weight excluding hydrogens is 238 g/mol. The quantitative estimate of drug-likeness (QED) is 0.807. The number of carbonyl (C=O) groups excluding carboxylic acids is 1. The number of carboxylic acids is 1. The van der Waals surface area contributed by atoms with Crippen LogP contribution in [0.1, 0.15) is 23.6 Å². The van der Waals surface area contributed by atoms with E-state index >= 15 is 0 Å². The van der Waals surface area contributed by atoms with Crippen LogP contribution in [-0.2, 0) is 16.1 Å². The van der Waals surface area contributed by atoms with Crippen molar-refractivity contribution in [2.45, 2.75) is 27.3 Å². The minimum absolute atomic E-state index is 0.0739. The van der Waals surface area contributed by atoms with E-state index in [2.05, 4.69) is 5.32 Å². The van der Waals surface area contributed by atoms with Crippen molar-refractivity contribution < 1.29 is 14.7 Å². The van der Waals surface area contributed by atoms with Crippen molar-refractivity contribution in [1.29, 1.82) is 0 Å². The smallest absolute Gasteiger partial charge is 0.331 e. The molecule has 92 valence electrons. The Morgan fingerprint density at radius 1 is 1.29 bits per heavy atom. The predicted molar refractivity (Wildman–Crippen MR) is 66.9 cm³/mol. The lowest BCUT2D eigenvalue weighted by Gasteiger charge is -2.05. The van der Waals surface area contributed by atoms with Gasteiger partial charge in [-0.15, -0.1) is 11.3 Å². The number of hydrogen-bond acceptors (Lipinski definition) is 3. The van der Waals surface area contributed by atoms with Gasteiger partial charge < -0.3 is 10.4 Å². The van der Waals surface area contributed by atoms with Crippen LogP contribution in [-0.4, -0.2) is 17.0 Å². The Bertz CT molecular complexity index is 474. The normalized spacial score (nSPS) is 11.9. The summed E-state index contributed by atoms with van der Waals surface area (Å²) in [5.74, 6) is -1.40. The van der Waals surface area contributed by atoms with Crippen LogP contribution in [0.4, 0.5) is 0 Å². The van der Waals surface area contributed by atoms with Crippen molar-refractivity contribution in [3.05, 3.63) is 33.0 Å². The minimum Gasteiger partial charge on any atom is -0.478 e. The molecule has 0 aliphatic rings. The first kappa shape index (κ1) is 13.4. The zero-order valence-corrected chi connectivity index (χ0v) is 10.9. The number of carboxylic acid groups (broad SMARTS) is 1. The molecule has 0 radical (unpaired) electrons. The lowest BCUT2D eigenvalue weighted by atomic mass is 10.1. The van der Waals surface area contributed by atoms with Crippen molar-refractivity contribution in [3.63, 3.8) is 0 Å². The van der Waals surface area contributed by atoms with Crippen LogP contribution in [0, 0.1) is 6.92 Å². The van der Waals surface area contributed by atoms with Gasteiger partial charge >= 0.3 is 5.97 Å². The molecule has 17 heavy (non-hydrogen) atoms. The Labute approximate surface area is 104 Å². The zero-order valence-electron chi connectivity index (χ0n) is 10.0. The van der Waals surface area contributed by atoms with Crippen LogP contribution >= 0.6 is 11.3 Å². The molecule has 2 N–H and O–H groups in total. The van der Waals surface area contributed by atoms with Crippen molar-refractivity contribution in [2.24, 2.45) is 0 Å². The average Bonchev–Trinajstić information content (AvgIpc) is 2.69. The number of thiophene rings is 1. The Morgan fingerprint density at radius 3 is 2.41 bits per heavy atom. The summed E-state index contributed by atoms with van der Waals surface area (Å²) >= 11 is 1.61. The van der Waals surface area contributed by atoms with Gasteiger partial charge in [0.05, 0.1) is 6.54 Å². The second-order valence-corrected chi connectivity index (χ2v) is 5.12. The third kappa shape index (κ3) is 3.71. The van der Waals surface area contributed by atoms with Crippen molar-refractivity contribution >= 4 is 23.2 Å². The molecule has 0 aromatic carbocycles. The standard InChI is InChI=1S/C12H15NO3S/c1-7-4-5-10(17-7)6-13-11(14)8(2)9(3)12(15)16/h4-5H,6H2,1-3H3,(H,13,14)(H,15,16). The molecule has 0 atom stereocenters. The summed E-state index contributed by atoms with van der Waals surface area (Å²) < 4.78 is 0. The van der Waals surface area contributed by atoms with Crippen LogP contribution in [0.15, 0.2) is 23.3 Å². The Morgan fingerprint density at radius 2 is 1.94 bits per heavy atom. The maximum absolute atomic E-state index is 11.6. The highest BCUT2D eigenvalue weighted by Crippen LogP contribution is 2.14. The molecule has 0 bridgehead atoms. The van der Waals surface area contributed by atoms with E-state index in [-0.39, 0.29) is 17.1 Å². The van der Waals surface area contributed by atoms with E-state index < -0.39 is 5.97 Å². The molecule has 0 saturated carbocycles. The summed E-state index contributed by atoms with van der Waals surface area (Å²) in [4.78, 5) is 24.6. The van der Waals surface area contributed by atoms with Crippen LogP contribution < -0.4 is 5.32 Å². The van der Waals surface area contributed by atoms with Crippen molar-refractivity contribution in [3.8, 4) is 0 Å². The van der Waals surface area contributed by atoms with Crippen LogP contribution in [0.3, 0.4) is 0 Å². The lowest BCUT2D eigenvalue weighted by Crippen LogP contribution is -2.24. The van der Waals surface area contributed by atoms with E-state index in [0.29, 0.717) is 6.54 Å². The Hall–Kier alpha value is -1.62. The SMILES string of the molecule is CC(C(=O)O)=C(C)C(=O)NCc1ccc(C)s1. The number of nitrogens with one attached hydrogen (secondary N) is 1. The van der Waals surface area contributed by atoms with Gasteiger partial charge in [-0.25, -0.2) is 4.79 Å². The molecule has 4 nitrogen and oxygen atoms in total. The lowest BCUT2D eigenvalue weighted by molar-refractivity contribution is -0.133. The molecule has 0 spiro atoms. The molecule has 1 aromatic heterocycles. The highest BCUT2D eigenvalue weighted by molar-refractivity contribution is 7.11. The molecule has 1 aromatic rings. The second-order valence-electron chi connectivity index (χ2n) is 3.75. The van der Waals surface area contributed by atoms with Gasteiger partial charge in [0.25, 0.3) is 0 Å². The van der Waals surface area contributed by atoms with E-state index in [1.807, 2.05) is 19.1 Å². The van der Waals surface area contributed by atoms with Crippen molar-refractivity contribution in [2.75, 3.05) is 0 Å². The van der Waals surface area contributed by atoms with Gasteiger partial charge in [0.1, 0.15) is 0 Å². The van der Waals surface area contributed by atoms with E-state index in [0.717, 1.165) is 4.88 Å². The zero-order chi connectivity index (χ0) is 13.0. The summed E-state index contributed by atoms with van der Waals surface area (Å²) in [6.45, 7) is 5.36. The van der Waals surface area contributed by atoms with Crippen LogP contribution in [0.2, 0.25) is 0 Å². The maximum Gasteiger partial charge on any atom is 0.331 e. The maximum atomic E-state index is 11.6. The predicted octanol–water partition coefficient (Wildman–Crippen LogP) is 2.09. The fourth-order valence-electron chi connectivity index (χ4n) is 1.21. The number of rotatable bonds is 4. The van der Waals surface area contributed by atoms with Gasteiger partial charge in [0.15, 0.2) is 0 Å². The first-order chi connectivity index (χ1) is 7.91. The topological polar surface area (TPSA) is 66.4 Å². The number of hydrogen-bond donors (Lipinski definition) is 2. The fraction of sp³-hybridized carbons (Fsp3) is 0.333. The summed E-state index contributed by atoms with van der Waals surface area (Å²) in [7, 11) is 0. The van der Waals surface area contributed by atoms with Gasteiger partial charge in [0, 0.05) is 20.9 Å². The molecule has 1 amide bonds. The molecule has 0 aliphatic carbocycles. The summed E-state index contributed by atoms with van der Waals surface area (Å²) in [6.07, 6.45) is 0. The Kier molecular flexibility index (Phi) is 4.45. The molecule has 1 heterocycles. The summed E-state index contributed by atoms with van der Waals surface area (Å²) in [5.41, 5.74) is 0.315. The second kappa shape index (κ2) is 5.63. The molecule has 5 heteroatoms. The minimum atomic E-state index is -1.07. The molecule has 0 fully saturated rings.